The summed E-state index contributed by atoms with van der Waals surface area (Å²) in [4.78, 5) is 16.0. The lowest BCUT2D eigenvalue weighted by atomic mass is 10.2. The summed E-state index contributed by atoms with van der Waals surface area (Å²) in [5.74, 6) is -1.19. The number of aryl methyl sites for hydroxylation is 1. The number of para-hydroxylation sites is 1. The van der Waals surface area contributed by atoms with Crippen LogP contribution >= 0.6 is 15.9 Å². The highest BCUT2D eigenvalue weighted by Crippen LogP contribution is 2.23. The maximum Gasteiger partial charge on any atom is 0.225 e. The van der Waals surface area contributed by atoms with Crippen LogP contribution in [0.5, 0.6) is 0 Å². The number of benzene rings is 2. The molecule has 0 saturated heterocycles. The van der Waals surface area contributed by atoms with Crippen LogP contribution < -0.4 is 5.32 Å². The third-order valence-electron chi connectivity index (χ3n) is 3.48. The van der Waals surface area contributed by atoms with Crippen molar-refractivity contribution in [1.82, 2.24) is 4.98 Å². The summed E-state index contributed by atoms with van der Waals surface area (Å²) in [6.45, 7) is 0. The number of halogens is 3. The molecule has 0 aliphatic carbocycles. The van der Waals surface area contributed by atoms with Crippen molar-refractivity contribution in [2.75, 3.05) is 5.32 Å². The van der Waals surface area contributed by atoms with Gasteiger partial charge < -0.3 is 9.73 Å². The van der Waals surface area contributed by atoms with Crippen LogP contribution in [-0.2, 0) is 11.2 Å². The van der Waals surface area contributed by atoms with Crippen LogP contribution in [0.2, 0.25) is 0 Å². The molecule has 0 atom stereocenters. The summed E-state index contributed by atoms with van der Waals surface area (Å²) in [7, 11) is 0. The summed E-state index contributed by atoms with van der Waals surface area (Å²) in [6.07, 6.45) is 1.79. The number of anilines is 1. The van der Waals surface area contributed by atoms with E-state index in [0.717, 1.165) is 22.2 Å². The first-order chi connectivity index (χ1) is 12.0. The summed E-state index contributed by atoms with van der Waals surface area (Å²) in [6, 6.07) is 10.9. The average molecular weight is 407 g/mol. The van der Waals surface area contributed by atoms with E-state index in [2.05, 4.69) is 26.2 Å². The minimum atomic E-state index is -0.818. The van der Waals surface area contributed by atoms with Crippen molar-refractivity contribution in [3.05, 3.63) is 70.7 Å². The highest BCUT2D eigenvalue weighted by atomic mass is 79.9. The van der Waals surface area contributed by atoms with Gasteiger partial charge in [-0.05, 0) is 24.3 Å². The van der Waals surface area contributed by atoms with E-state index in [9.17, 15) is 13.6 Å². The Morgan fingerprint density at radius 3 is 2.48 bits per heavy atom. The van der Waals surface area contributed by atoms with Gasteiger partial charge >= 0.3 is 0 Å². The number of nitrogens with zero attached hydrogens (tertiary/aromatic N) is 1. The molecular formula is C18H13BrF2N2O2. The number of nitrogens with one attached hydrogen (secondary N) is 1. The maximum absolute atomic E-state index is 13.5. The van der Waals surface area contributed by atoms with Gasteiger partial charge in [-0.25, -0.2) is 13.8 Å². The topological polar surface area (TPSA) is 55.1 Å². The molecule has 3 rings (SSSR count). The zero-order valence-electron chi connectivity index (χ0n) is 12.9. The first-order valence-corrected chi connectivity index (χ1v) is 8.27. The Balaban J connectivity index is 1.60. The molecule has 25 heavy (non-hydrogen) atoms. The number of carbonyl (C=O) groups is 1. The Bertz CT molecular complexity index is 874. The van der Waals surface area contributed by atoms with Crippen LogP contribution in [0.4, 0.5) is 14.5 Å². The Labute approximate surface area is 151 Å². The fraction of sp³-hybridized carbons (Fsp3) is 0.111. The van der Waals surface area contributed by atoms with E-state index in [-0.39, 0.29) is 12.8 Å². The van der Waals surface area contributed by atoms with Crippen LogP contribution in [0.15, 0.2) is 57.6 Å². The van der Waals surface area contributed by atoms with Crippen LogP contribution in [0.1, 0.15) is 12.3 Å². The summed E-state index contributed by atoms with van der Waals surface area (Å²) >= 11 is 3.36. The highest BCUT2D eigenvalue weighted by Gasteiger charge is 2.13. The van der Waals surface area contributed by atoms with E-state index in [1.54, 1.807) is 6.20 Å². The molecule has 2 aromatic carbocycles. The molecule has 0 unspecified atom stereocenters. The predicted molar refractivity (Wildman–Crippen MR) is 92.9 cm³/mol. The maximum atomic E-state index is 13.5. The van der Waals surface area contributed by atoms with E-state index in [0.29, 0.717) is 11.7 Å². The van der Waals surface area contributed by atoms with Crippen LogP contribution in [0.3, 0.4) is 0 Å². The summed E-state index contributed by atoms with van der Waals surface area (Å²) in [5, 5.41) is 2.23. The van der Waals surface area contributed by atoms with E-state index in [1.807, 2.05) is 24.3 Å². The third kappa shape index (κ3) is 4.30. The molecule has 1 N–H and O–H groups in total. The second kappa shape index (κ2) is 7.57. The second-order valence-electron chi connectivity index (χ2n) is 5.27. The monoisotopic (exact) mass is 406 g/mol. The SMILES string of the molecule is O=C(CCc1ncc(-c2ccc(Br)cc2)o1)Nc1c(F)cccc1F. The number of hydrogen-bond acceptors (Lipinski definition) is 3. The van der Waals surface area contributed by atoms with Gasteiger partial charge in [-0.3, -0.25) is 4.79 Å². The Kier molecular flexibility index (Phi) is 5.23. The molecule has 1 aromatic heterocycles. The van der Waals surface area contributed by atoms with Gasteiger partial charge in [-0.15, -0.1) is 0 Å². The number of amides is 1. The van der Waals surface area contributed by atoms with E-state index >= 15 is 0 Å². The summed E-state index contributed by atoms with van der Waals surface area (Å²) in [5.41, 5.74) is 0.412. The van der Waals surface area contributed by atoms with Crippen molar-refractivity contribution in [2.24, 2.45) is 0 Å². The smallest absolute Gasteiger partial charge is 0.225 e. The van der Waals surface area contributed by atoms with Gasteiger partial charge in [0.1, 0.15) is 17.3 Å². The predicted octanol–water partition coefficient (Wildman–Crippen LogP) is 4.95. The zero-order valence-corrected chi connectivity index (χ0v) is 14.5. The molecule has 0 saturated carbocycles. The molecule has 0 aliphatic rings. The van der Waals surface area contributed by atoms with Crippen molar-refractivity contribution in [1.29, 1.82) is 0 Å². The molecule has 3 aromatic rings. The van der Waals surface area contributed by atoms with Gasteiger partial charge in [-0.1, -0.05) is 34.1 Å². The molecule has 0 fully saturated rings. The Hall–Kier alpha value is -2.54. The second-order valence-corrected chi connectivity index (χ2v) is 6.19. The Morgan fingerprint density at radius 1 is 1.12 bits per heavy atom. The number of rotatable bonds is 5. The lowest BCUT2D eigenvalue weighted by Gasteiger charge is -2.06. The zero-order chi connectivity index (χ0) is 17.8. The van der Waals surface area contributed by atoms with Crippen molar-refractivity contribution < 1.29 is 18.0 Å². The molecule has 0 radical (unpaired) electrons. The normalized spacial score (nSPS) is 10.7. The average Bonchev–Trinajstić information content (AvgIpc) is 3.06. The van der Waals surface area contributed by atoms with Gasteiger partial charge in [0, 0.05) is 22.9 Å². The number of hydrogen-bond donors (Lipinski definition) is 1. The molecule has 4 nitrogen and oxygen atoms in total. The molecule has 7 heteroatoms. The van der Waals surface area contributed by atoms with E-state index in [1.165, 1.54) is 6.07 Å². The molecular weight excluding hydrogens is 394 g/mol. The summed E-state index contributed by atoms with van der Waals surface area (Å²) < 4.78 is 33.6. The van der Waals surface area contributed by atoms with Gasteiger partial charge in [-0.2, -0.15) is 0 Å². The Morgan fingerprint density at radius 2 is 1.80 bits per heavy atom. The van der Waals surface area contributed by atoms with Gasteiger partial charge in [0.05, 0.1) is 6.20 Å². The molecule has 1 amide bonds. The van der Waals surface area contributed by atoms with E-state index in [4.69, 9.17) is 4.42 Å². The molecule has 128 valence electrons. The van der Waals surface area contributed by atoms with Crippen molar-refractivity contribution in [3.8, 4) is 11.3 Å². The number of oxazole rings is 1. The standard InChI is InChI=1S/C18H13BrF2N2O2/c19-12-6-4-11(5-7-12)15-10-22-17(25-15)9-8-16(24)23-18-13(20)2-1-3-14(18)21/h1-7,10H,8-9H2,(H,23,24). The largest absolute Gasteiger partial charge is 0.441 e. The van der Waals surface area contributed by atoms with Crippen LogP contribution in [0.25, 0.3) is 11.3 Å². The van der Waals surface area contributed by atoms with Crippen LogP contribution in [-0.4, -0.2) is 10.9 Å². The molecule has 0 spiro atoms. The van der Waals surface area contributed by atoms with Gasteiger partial charge in [0.25, 0.3) is 0 Å². The number of carbonyl (C=O) groups excluding carboxylic acids is 1. The van der Waals surface area contributed by atoms with Gasteiger partial charge in [0.2, 0.25) is 5.91 Å². The minimum absolute atomic E-state index is 0.00589. The van der Waals surface area contributed by atoms with Crippen molar-refractivity contribution in [3.63, 3.8) is 0 Å². The van der Waals surface area contributed by atoms with Gasteiger partial charge in [0.15, 0.2) is 11.7 Å². The van der Waals surface area contributed by atoms with E-state index < -0.39 is 23.2 Å². The molecule has 0 bridgehead atoms. The number of aromatic nitrogens is 1. The lowest BCUT2D eigenvalue weighted by molar-refractivity contribution is -0.116. The van der Waals surface area contributed by atoms with Crippen LogP contribution in [0, 0.1) is 11.6 Å². The first kappa shape index (κ1) is 17.3. The van der Waals surface area contributed by atoms with Crippen molar-refractivity contribution >= 4 is 27.5 Å². The quantitative estimate of drug-likeness (QED) is 0.651. The molecule has 0 aliphatic heterocycles. The highest BCUT2D eigenvalue weighted by molar-refractivity contribution is 9.10. The first-order valence-electron chi connectivity index (χ1n) is 7.47. The lowest BCUT2D eigenvalue weighted by Crippen LogP contribution is -2.14. The van der Waals surface area contributed by atoms with Crippen molar-refractivity contribution in [2.45, 2.75) is 12.8 Å². The fourth-order valence-electron chi connectivity index (χ4n) is 2.21. The third-order valence-corrected chi connectivity index (χ3v) is 4.00. The minimum Gasteiger partial charge on any atom is -0.441 e. The fourth-order valence-corrected chi connectivity index (χ4v) is 2.48. The molecule has 1 heterocycles.